The van der Waals surface area contributed by atoms with Gasteiger partial charge in [0, 0.05) is 19.4 Å². The van der Waals surface area contributed by atoms with Crippen molar-refractivity contribution in [2.75, 3.05) is 26.2 Å². The molecule has 28 heteroatoms. The first-order valence-corrected chi connectivity index (χ1v) is 25.4. The molecule has 0 aliphatic carbocycles. The zero-order valence-corrected chi connectivity index (χ0v) is 44.3. The number of hydrogen-bond donors (Lipinski definition) is 15. The van der Waals surface area contributed by atoms with Gasteiger partial charge in [0.15, 0.2) is 0 Å². The highest BCUT2D eigenvalue weighted by Gasteiger charge is 2.41. The van der Waals surface area contributed by atoms with Crippen molar-refractivity contribution in [3.05, 3.63) is 29.8 Å². The summed E-state index contributed by atoms with van der Waals surface area (Å²) in [4.78, 5) is 159. The average Bonchev–Trinajstić information content (AvgIpc) is 3.86. The van der Waals surface area contributed by atoms with Crippen LogP contribution in [0.1, 0.15) is 98.5 Å². The molecule has 28 nitrogen and oxygen atoms in total. The fourth-order valence-corrected chi connectivity index (χ4v) is 7.94. The molecule has 1 aliphatic rings. The molecule has 430 valence electrons. The first kappa shape index (κ1) is 65.7. The van der Waals surface area contributed by atoms with Crippen molar-refractivity contribution in [1.29, 1.82) is 0 Å². The Labute approximate surface area is 445 Å². The van der Waals surface area contributed by atoms with Crippen LogP contribution in [-0.2, 0) is 64.0 Å². The number of aliphatic hydroxyl groups excluding tert-OH is 1. The molecule has 0 saturated carbocycles. The van der Waals surface area contributed by atoms with E-state index in [1.54, 1.807) is 41.5 Å². The van der Waals surface area contributed by atoms with Crippen LogP contribution in [-0.4, -0.2) is 177 Å². The molecule has 0 radical (unpaired) electrons. The summed E-state index contributed by atoms with van der Waals surface area (Å²) in [5.74, 6) is -13.5. The van der Waals surface area contributed by atoms with Gasteiger partial charge in [-0.05, 0) is 80.5 Å². The van der Waals surface area contributed by atoms with Gasteiger partial charge >= 0.3 is 11.9 Å². The quantitative estimate of drug-likeness (QED) is 0.0296. The van der Waals surface area contributed by atoms with Crippen LogP contribution < -0.4 is 59.7 Å². The highest BCUT2D eigenvalue weighted by atomic mass is 16.4. The number of aromatic hydroxyl groups is 1. The third kappa shape index (κ3) is 22.0. The van der Waals surface area contributed by atoms with Gasteiger partial charge in [0.05, 0.1) is 25.6 Å². The van der Waals surface area contributed by atoms with Crippen LogP contribution in [0.25, 0.3) is 0 Å². The zero-order chi connectivity index (χ0) is 58.3. The van der Waals surface area contributed by atoms with Crippen LogP contribution in [0.5, 0.6) is 5.75 Å². The maximum atomic E-state index is 14.3. The van der Waals surface area contributed by atoms with Crippen LogP contribution in [0.3, 0.4) is 0 Å². The number of nitrogens with zero attached hydrogens (tertiary/aromatic N) is 1. The zero-order valence-electron chi connectivity index (χ0n) is 44.3. The number of aliphatic carboxylic acids is 2. The van der Waals surface area contributed by atoms with Crippen molar-refractivity contribution in [1.82, 2.24) is 47.4 Å². The van der Waals surface area contributed by atoms with Crippen molar-refractivity contribution in [2.45, 2.75) is 154 Å². The summed E-state index contributed by atoms with van der Waals surface area (Å²) in [6, 6.07) is -6.95. The second kappa shape index (κ2) is 32.2. The van der Waals surface area contributed by atoms with Crippen LogP contribution in [0.2, 0.25) is 0 Å². The lowest BCUT2D eigenvalue weighted by atomic mass is 10.00. The van der Waals surface area contributed by atoms with E-state index in [9.17, 15) is 78.0 Å². The number of amides is 10. The number of benzene rings is 1. The van der Waals surface area contributed by atoms with E-state index < -0.39 is 170 Å². The summed E-state index contributed by atoms with van der Waals surface area (Å²) >= 11 is 0. The van der Waals surface area contributed by atoms with Crippen LogP contribution in [0.15, 0.2) is 24.3 Å². The Balaban J connectivity index is 2.31. The maximum Gasteiger partial charge on any atom is 0.326 e. The number of unbranched alkanes of at least 4 members (excludes halogenated alkanes) is 1. The van der Waals surface area contributed by atoms with Crippen LogP contribution in [0.4, 0.5) is 0 Å². The molecule has 77 heavy (non-hydrogen) atoms. The monoisotopic (exact) mass is 1090 g/mol. The van der Waals surface area contributed by atoms with Gasteiger partial charge < -0.3 is 85.1 Å². The summed E-state index contributed by atoms with van der Waals surface area (Å²) in [6.45, 7) is 8.08. The fraction of sp³-hybridized carbons (Fsp3) is 0.633. The number of rotatable bonds is 33. The molecule has 0 unspecified atom stereocenters. The summed E-state index contributed by atoms with van der Waals surface area (Å²) in [5.41, 5.74) is 17.6. The number of hydrogen-bond acceptors (Lipinski definition) is 16. The Morgan fingerprint density at radius 3 is 1.74 bits per heavy atom. The first-order chi connectivity index (χ1) is 36.1. The van der Waals surface area contributed by atoms with Crippen molar-refractivity contribution in [3.63, 3.8) is 0 Å². The minimum absolute atomic E-state index is 0.0593. The third-order valence-electron chi connectivity index (χ3n) is 12.5. The number of phenolic OH excluding ortho intramolecular Hbond substituents is 1. The van der Waals surface area contributed by atoms with E-state index in [2.05, 4.69) is 42.5 Å². The molecular weight excluding hydrogens is 1010 g/mol. The minimum Gasteiger partial charge on any atom is -0.508 e. The number of primary amides is 1. The topological polar surface area (TPSA) is 463 Å². The number of likely N-dealkylation sites (tertiary alicyclic amines) is 1. The Morgan fingerprint density at radius 1 is 0.649 bits per heavy atom. The number of carboxylic acid groups (broad SMARTS) is 2. The smallest absolute Gasteiger partial charge is 0.326 e. The molecule has 2 rings (SSSR count). The van der Waals surface area contributed by atoms with Crippen LogP contribution >= 0.6 is 0 Å². The Bertz CT molecular complexity index is 2250. The van der Waals surface area contributed by atoms with Gasteiger partial charge in [-0.15, -0.1) is 0 Å². The average molecular weight is 1090 g/mol. The molecule has 18 N–H and O–H groups in total. The predicted octanol–water partition coefficient (Wildman–Crippen LogP) is -4.32. The number of carboxylic acids is 2. The Morgan fingerprint density at radius 2 is 1.21 bits per heavy atom. The molecule has 1 saturated heterocycles. The fourth-order valence-electron chi connectivity index (χ4n) is 7.94. The minimum atomic E-state index is -1.72. The third-order valence-corrected chi connectivity index (χ3v) is 12.5. The highest BCUT2D eigenvalue weighted by molar-refractivity contribution is 5.99. The van der Waals surface area contributed by atoms with Crippen LogP contribution in [0, 0.1) is 17.8 Å². The van der Waals surface area contributed by atoms with Gasteiger partial charge in [0.2, 0.25) is 59.1 Å². The SMILES string of the molecule is CC(C)[C@H](N)C(=O)N[C@H](C(=O)N[C@@H](CO)C(=O)NCC(=O)N[C@@H](CCC(=O)O)C(=O)N[C@@H](CCCCN)C(=O)N[C@@H](CC(N)=O)C(=O)N1CCC[C@H]1C(=O)N[C@@H](Cc1ccc(O)cc1)C(=O)N[C@H](C(=O)O)C(C)C)C(C)C. The summed E-state index contributed by atoms with van der Waals surface area (Å²) in [7, 11) is 0. The van der Waals surface area contributed by atoms with Gasteiger partial charge in [0.1, 0.15) is 54.1 Å². The van der Waals surface area contributed by atoms with Crippen molar-refractivity contribution >= 4 is 71.0 Å². The van der Waals surface area contributed by atoms with Gasteiger partial charge in [0.25, 0.3) is 0 Å². The molecule has 9 atom stereocenters. The first-order valence-electron chi connectivity index (χ1n) is 25.4. The number of carbonyl (C=O) groups is 12. The number of phenols is 1. The Kier molecular flexibility index (Phi) is 27.5. The van der Waals surface area contributed by atoms with E-state index in [1.807, 2.05) is 0 Å². The lowest BCUT2D eigenvalue weighted by Crippen LogP contribution is -2.60. The van der Waals surface area contributed by atoms with E-state index in [4.69, 9.17) is 17.2 Å². The van der Waals surface area contributed by atoms with Crippen molar-refractivity contribution in [3.8, 4) is 5.75 Å². The molecular formula is C49H78N12O16. The number of carbonyl (C=O) groups excluding carboxylic acids is 10. The van der Waals surface area contributed by atoms with Crippen molar-refractivity contribution < 1.29 is 78.0 Å². The maximum absolute atomic E-state index is 14.3. The lowest BCUT2D eigenvalue weighted by Gasteiger charge is -2.31. The molecule has 1 aliphatic heterocycles. The van der Waals surface area contributed by atoms with Gasteiger partial charge in [-0.25, -0.2) is 4.79 Å². The molecule has 0 spiro atoms. The van der Waals surface area contributed by atoms with Gasteiger partial charge in [-0.2, -0.15) is 0 Å². The standard InChI is InChI=1S/C49H78N12O16/c1-24(2)38(52)46(73)59-39(25(3)4)47(74)58-33(23-62)41(68)53-22-36(65)54-30(16-17-37(66)67)43(70)55-29(10-7-8-18-50)42(69)57-32(21-35(51)64)48(75)61-19-9-11-34(61)45(72)56-31(20-27-12-14-28(63)15-13-27)44(71)60-40(26(5)6)49(76)77/h12-15,24-26,29-34,38-40,62-63H,7-11,16-23,50,52H2,1-6H3,(H2,51,64)(H,53,68)(H,54,65)(H,55,70)(H,56,72)(H,57,69)(H,58,74)(H,59,73)(H,60,71)(H,66,67)(H,76,77)/t29-,30-,31-,32-,33-,34-,38-,39-,40-/m0/s1. The van der Waals surface area contributed by atoms with E-state index in [0.717, 1.165) is 4.90 Å². The van der Waals surface area contributed by atoms with E-state index >= 15 is 0 Å². The normalized spacial score (nSPS) is 16.3. The van der Waals surface area contributed by atoms with E-state index in [1.165, 1.54) is 24.3 Å². The summed E-state index contributed by atoms with van der Waals surface area (Å²) in [5, 5.41) is 58.2. The Hall–Kier alpha value is -7.46. The number of nitrogens with two attached hydrogens (primary N) is 3. The summed E-state index contributed by atoms with van der Waals surface area (Å²) < 4.78 is 0. The second-order valence-electron chi connectivity index (χ2n) is 19.8. The highest BCUT2D eigenvalue weighted by Crippen LogP contribution is 2.21. The number of nitrogens with one attached hydrogen (secondary N) is 8. The number of aliphatic hydroxyl groups is 1. The lowest BCUT2D eigenvalue weighted by molar-refractivity contribution is -0.144. The van der Waals surface area contributed by atoms with Gasteiger partial charge in [-0.3, -0.25) is 52.7 Å². The molecule has 0 aromatic heterocycles. The molecule has 1 heterocycles. The molecule has 1 fully saturated rings. The molecule has 1 aromatic carbocycles. The molecule has 1 aromatic rings. The summed E-state index contributed by atoms with van der Waals surface area (Å²) in [6.07, 6.45) is -1.45. The van der Waals surface area contributed by atoms with E-state index in [-0.39, 0.29) is 56.9 Å². The predicted molar refractivity (Wildman–Crippen MR) is 274 cm³/mol. The largest absolute Gasteiger partial charge is 0.508 e. The van der Waals surface area contributed by atoms with E-state index in [0.29, 0.717) is 12.0 Å². The molecule has 0 bridgehead atoms. The van der Waals surface area contributed by atoms with Crippen molar-refractivity contribution in [2.24, 2.45) is 35.0 Å². The van der Waals surface area contributed by atoms with Gasteiger partial charge in [-0.1, -0.05) is 53.7 Å². The second-order valence-corrected chi connectivity index (χ2v) is 19.8. The molecule has 10 amide bonds.